The van der Waals surface area contributed by atoms with E-state index in [9.17, 15) is 5.11 Å². The Kier molecular flexibility index (Phi) is 14.8. The Labute approximate surface area is 232 Å². The van der Waals surface area contributed by atoms with E-state index in [4.69, 9.17) is 29.4 Å². The van der Waals surface area contributed by atoms with Gasteiger partial charge in [-0.15, -0.1) is 0 Å². The van der Waals surface area contributed by atoms with Gasteiger partial charge in [0.1, 0.15) is 18.5 Å². The summed E-state index contributed by atoms with van der Waals surface area (Å²) in [6, 6.07) is 26.0. The van der Waals surface area contributed by atoms with Crippen molar-refractivity contribution < 1.29 is 28.8 Å². The summed E-state index contributed by atoms with van der Waals surface area (Å²) in [4.78, 5) is 0. The van der Waals surface area contributed by atoms with Gasteiger partial charge in [-0.05, 0) is 23.3 Å². The fraction of sp³-hybridized carbons (Fsp3) is 0.419. The van der Waals surface area contributed by atoms with Crippen molar-refractivity contribution >= 4 is 0 Å². The predicted octanol–water partition coefficient (Wildman–Crippen LogP) is 3.25. The molecule has 4 N–H and O–H groups in total. The van der Waals surface area contributed by atoms with E-state index in [1.54, 1.807) is 0 Å². The number of rotatable bonds is 21. The highest BCUT2D eigenvalue weighted by Crippen LogP contribution is 2.32. The van der Waals surface area contributed by atoms with Gasteiger partial charge in [-0.2, -0.15) is 0 Å². The number of benzene rings is 3. The lowest BCUT2D eigenvalue weighted by Gasteiger charge is -2.17. The van der Waals surface area contributed by atoms with E-state index in [0.717, 1.165) is 12.8 Å². The molecule has 1 atom stereocenters. The first-order chi connectivity index (χ1) is 19.2. The molecule has 212 valence electrons. The molecule has 0 radical (unpaired) electrons. The summed E-state index contributed by atoms with van der Waals surface area (Å²) >= 11 is 0. The number of nitrogens with two attached hydrogens (primary N) is 1. The average Bonchev–Trinajstić information content (AvgIpc) is 2.97. The summed E-state index contributed by atoms with van der Waals surface area (Å²) in [7, 11) is 0. The summed E-state index contributed by atoms with van der Waals surface area (Å²) in [6.45, 7) is 4.86. The highest BCUT2D eigenvalue weighted by Gasteiger charge is 2.11. The first-order valence-corrected chi connectivity index (χ1v) is 13.6. The van der Waals surface area contributed by atoms with Crippen molar-refractivity contribution in [3.63, 3.8) is 0 Å². The maximum Gasteiger partial charge on any atom is 0.164 e. The quantitative estimate of drug-likeness (QED) is 0.178. The molecular weight excluding hydrogens is 496 g/mol. The molecule has 0 aliphatic carbocycles. The van der Waals surface area contributed by atoms with E-state index in [2.05, 4.69) is 29.6 Å². The van der Waals surface area contributed by atoms with E-state index in [1.165, 1.54) is 11.1 Å². The highest BCUT2D eigenvalue weighted by atomic mass is 16.5. The molecule has 0 aliphatic heterocycles. The lowest BCUT2D eigenvalue weighted by Crippen LogP contribution is -2.33. The van der Waals surface area contributed by atoms with Crippen LogP contribution in [0.3, 0.4) is 0 Å². The lowest BCUT2D eigenvalue weighted by atomic mass is 10.2. The van der Waals surface area contributed by atoms with Crippen LogP contribution in [0.15, 0.2) is 78.9 Å². The second kappa shape index (κ2) is 19.0. The molecule has 0 bridgehead atoms. The predicted molar refractivity (Wildman–Crippen MR) is 153 cm³/mol. The monoisotopic (exact) mass is 538 g/mol. The number of nitrogens with one attached hydrogen (secondary N) is 1. The van der Waals surface area contributed by atoms with Crippen molar-refractivity contribution in [1.82, 2.24) is 5.32 Å². The van der Waals surface area contributed by atoms with Crippen molar-refractivity contribution in [2.75, 3.05) is 65.9 Å². The zero-order chi connectivity index (χ0) is 27.4. The summed E-state index contributed by atoms with van der Waals surface area (Å²) < 4.78 is 28.8. The number of aliphatic hydroxyl groups is 1. The van der Waals surface area contributed by atoms with Gasteiger partial charge in [-0.3, -0.25) is 0 Å². The molecule has 0 aliphatic rings. The molecule has 8 heteroatoms. The van der Waals surface area contributed by atoms with E-state index in [-0.39, 0.29) is 6.61 Å². The van der Waals surface area contributed by atoms with Crippen LogP contribution in [0.2, 0.25) is 0 Å². The third-order valence-electron chi connectivity index (χ3n) is 5.78. The van der Waals surface area contributed by atoms with Gasteiger partial charge in [0.2, 0.25) is 0 Å². The Hall–Kier alpha value is -3.14. The molecule has 8 nitrogen and oxygen atoms in total. The van der Waals surface area contributed by atoms with Gasteiger partial charge in [0.05, 0.1) is 39.6 Å². The first kappa shape index (κ1) is 30.4. The van der Waals surface area contributed by atoms with Crippen LogP contribution < -0.4 is 25.3 Å². The van der Waals surface area contributed by atoms with Crippen molar-refractivity contribution in [3.8, 4) is 17.2 Å². The molecule has 0 amide bonds. The van der Waals surface area contributed by atoms with Gasteiger partial charge in [0.15, 0.2) is 11.5 Å². The third kappa shape index (κ3) is 13.0. The number of aliphatic hydroxyl groups excluding tert-OH is 1. The molecule has 0 saturated carbocycles. The largest absolute Gasteiger partial charge is 0.491 e. The van der Waals surface area contributed by atoms with Crippen LogP contribution in [-0.4, -0.2) is 77.1 Å². The second-order valence-electron chi connectivity index (χ2n) is 8.96. The Morgan fingerprint density at radius 2 is 1.28 bits per heavy atom. The van der Waals surface area contributed by atoms with E-state index in [0.29, 0.717) is 76.5 Å². The molecule has 3 aromatic carbocycles. The Morgan fingerprint density at radius 1 is 0.667 bits per heavy atom. The Balaban J connectivity index is 1.44. The average molecular weight is 539 g/mol. The number of hydrogen-bond acceptors (Lipinski definition) is 8. The van der Waals surface area contributed by atoms with Crippen molar-refractivity contribution in [2.24, 2.45) is 5.73 Å². The molecule has 3 aromatic rings. The number of hydrogen-bond donors (Lipinski definition) is 3. The summed E-state index contributed by atoms with van der Waals surface area (Å²) in [5.74, 6) is 1.90. The molecule has 39 heavy (non-hydrogen) atoms. The smallest absolute Gasteiger partial charge is 0.164 e. The standard InChI is InChI=1S/C31H42N2O6/c32-15-19-35-21-22-36-20-16-33-24-28(34)25-39-29-11-12-30(37-17-13-26-7-3-1-4-8-26)31(23-29)38-18-14-27-9-5-2-6-10-27/h1-12,23,28,33-34H,13-22,24-25,32H2/t28-/m1/s1. The lowest BCUT2D eigenvalue weighted by molar-refractivity contribution is 0.0498. The minimum Gasteiger partial charge on any atom is -0.491 e. The normalized spacial score (nSPS) is 11.7. The Bertz CT molecular complexity index is 1020. The second-order valence-corrected chi connectivity index (χ2v) is 8.96. The molecule has 3 rings (SSSR count). The highest BCUT2D eigenvalue weighted by molar-refractivity contribution is 5.45. The van der Waals surface area contributed by atoms with Gasteiger partial charge >= 0.3 is 0 Å². The van der Waals surface area contributed by atoms with E-state index >= 15 is 0 Å². The van der Waals surface area contributed by atoms with Gasteiger partial charge in [0, 0.05) is 38.5 Å². The molecular formula is C31H42N2O6. The van der Waals surface area contributed by atoms with Crippen LogP contribution in [-0.2, 0) is 22.3 Å². The SMILES string of the molecule is NCCOCCOCCNC[C@@H](O)COc1ccc(OCCc2ccccc2)c(OCCc2ccccc2)c1. The first-order valence-electron chi connectivity index (χ1n) is 13.6. The molecule has 0 spiro atoms. The van der Waals surface area contributed by atoms with Crippen LogP contribution in [0.4, 0.5) is 0 Å². The van der Waals surface area contributed by atoms with Crippen LogP contribution in [0, 0.1) is 0 Å². The van der Waals surface area contributed by atoms with Crippen LogP contribution >= 0.6 is 0 Å². The zero-order valence-corrected chi connectivity index (χ0v) is 22.6. The van der Waals surface area contributed by atoms with Gasteiger partial charge < -0.3 is 39.8 Å². The molecule has 0 saturated heterocycles. The van der Waals surface area contributed by atoms with E-state index < -0.39 is 6.10 Å². The molecule has 0 heterocycles. The van der Waals surface area contributed by atoms with Crippen LogP contribution in [0.1, 0.15) is 11.1 Å². The summed E-state index contributed by atoms with van der Waals surface area (Å²) in [5, 5.41) is 13.5. The van der Waals surface area contributed by atoms with Crippen molar-refractivity contribution in [1.29, 1.82) is 0 Å². The maximum absolute atomic E-state index is 10.3. The summed E-state index contributed by atoms with van der Waals surface area (Å²) in [6.07, 6.45) is 0.918. The molecule has 0 fully saturated rings. The summed E-state index contributed by atoms with van der Waals surface area (Å²) in [5.41, 5.74) is 7.79. The van der Waals surface area contributed by atoms with Crippen molar-refractivity contribution in [3.05, 3.63) is 90.0 Å². The number of ether oxygens (including phenoxy) is 5. The fourth-order valence-electron chi connectivity index (χ4n) is 3.73. The van der Waals surface area contributed by atoms with Gasteiger partial charge in [-0.25, -0.2) is 0 Å². The zero-order valence-electron chi connectivity index (χ0n) is 22.6. The molecule has 0 unspecified atom stereocenters. The van der Waals surface area contributed by atoms with Crippen LogP contribution in [0.5, 0.6) is 17.2 Å². The van der Waals surface area contributed by atoms with Crippen LogP contribution in [0.25, 0.3) is 0 Å². The minimum atomic E-state index is -0.665. The van der Waals surface area contributed by atoms with Crippen molar-refractivity contribution in [2.45, 2.75) is 18.9 Å². The fourth-order valence-corrected chi connectivity index (χ4v) is 3.73. The van der Waals surface area contributed by atoms with Gasteiger partial charge in [0.25, 0.3) is 0 Å². The molecule has 0 aromatic heterocycles. The topological polar surface area (TPSA) is 104 Å². The Morgan fingerprint density at radius 3 is 1.92 bits per heavy atom. The minimum absolute atomic E-state index is 0.151. The van der Waals surface area contributed by atoms with E-state index in [1.807, 2.05) is 54.6 Å². The maximum atomic E-state index is 10.3. The third-order valence-corrected chi connectivity index (χ3v) is 5.78. The van der Waals surface area contributed by atoms with Gasteiger partial charge in [-0.1, -0.05) is 60.7 Å².